The Hall–Kier alpha value is -1.36. The summed E-state index contributed by atoms with van der Waals surface area (Å²) in [4.78, 5) is 10.6. The van der Waals surface area contributed by atoms with Crippen molar-refractivity contribution in [3.8, 4) is 0 Å². The summed E-state index contributed by atoms with van der Waals surface area (Å²) in [6, 6.07) is 1.42. The molecule has 0 saturated heterocycles. The molecular formula is C10H17N3O2. The minimum atomic E-state index is -0.883. The van der Waals surface area contributed by atoms with Gasteiger partial charge in [-0.15, -0.1) is 0 Å². The zero-order chi connectivity index (χ0) is 11.6. The molecule has 1 aromatic rings. The number of aliphatic carboxylic acids is 1. The predicted octanol–water partition coefficient (Wildman–Crippen LogP) is 0.500. The molecule has 3 N–H and O–H groups in total. The fourth-order valence-corrected chi connectivity index (χ4v) is 1.39. The Morgan fingerprint density at radius 3 is 2.73 bits per heavy atom. The second kappa shape index (κ2) is 4.02. The monoisotopic (exact) mass is 211 g/mol. The van der Waals surface area contributed by atoms with Crippen molar-refractivity contribution in [3.05, 3.63) is 18.0 Å². The molecule has 84 valence electrons. The van der Waals surface area contributed by atoms with Crippen molar-refractivity contribution in [1.29, 1.82) is 0 Å². The Bertz CT molecular complexity index is 357. The Kier molecular flexibility index (Phi) is 3.14. The lowest BCUT2D eigenvalue weighted by Gasteiger charge is -2.28. The summed E-state index contributed by atoms with van der Waals surface area (Å²) in [7, 11) is 1.82. The standard InChI is InChI=1S/C10H17N3O2/c1-10(2,7(11)6-9(14)15)8-4-5-13(3)12-8/h4-5,7H,6,11H2,1-3H3,(H,14,15). The normalized spacial score (nSPS) is 13.9. The number of nitrogens with zero attached hydrogens (tertiary/aromatic N) is 2. The minimum absolute atomic E-state index is 0.0520. The highest BCUT2D eigenvalue weighted by molar-refractivity contribution is 5.67. The average Bonchev–Trinajstić information content (AvgIpc) is 2.50. The first kappa shape index (κ1) is 11.7. The van der Waals surface area contributed by atoms with E-state index in [0.29, 0.717) is 0 Å². The molecule has 0 aliphatic heterocycles. The van der Waals surface area contributed by atoms with E-state index in [2.05, 4.69) is 5.10 Å². The van der Waals surface area contributed by atoms with E-state index < -0.39 is 17.4 Å². The van der Waals surface area contributed by atoms with Gasteiger partial charge in [0.2, 0.25) is 0 Å². The largest absolute Gasteiger partial charge is 0.481 e. The number of nitrogens with two attached hydrogens (primary N) is 1. The Morgan fingerprint density at radius 1 is 1.73 bits per heavy atom. The molecule has 0 aliphatic rings. The van der Waals surface area contributed by atoms with Crippen molar-refractivity contribution in [2.75, 3.05) is 0 Å². The van der Waals surface area contributed by atoms with Gasteiger partial charge in [-0.1, -0.05) is 13.8 Å². The second-order valence-electron chi connectivity index (χ2n) is 4.30. The van der Waals surface area contributed by atoms with E-state index in [9.17, 15) is 4.79 Å². The lowest BCUT2D eigenvalue weighted by molar-refractivity contribution is -0.137. The van der Waals surface area contributed by atoms with Gasteiger partial charge in [-0.05, 0) is 6.07 Å². The zero-order valence-electron chi connectivity index (χ0n) is 9.27. The summed E-state index contributed by atoms with van der Waals surface area (Å²) in [6.07, 6.45) is 1.77. The van der Waals surface area contributed by atoms with E-state index in [0.717, 1.165) is 5.69 Å². The number of carbonyl (C=O) groups is 1. The number of carboxylic acids is 1. The number of rotatable bonds is 4. The van der Waals surface area contributed by atoms with Crippen LogP contribution in [-0.2, 0) is 17.3 Å². The van der Waals surface area contributed by atoms with Crippen molar-refractivity contribution >= 4 is 5.97 Å². The summed E-state index contributed by atoms with van der Waals surface area (Å²) < 4.78 is 1.69. The molecule has 1 aromatic heterocycles. The molecule has 15 heavy (non-hydrogen) atoms. The zero-order valence-corrected chi connectivity index (χ0v) is 9.27. The van der Waals surface area contributed by atoms with Crippen molar-refractivity contribution in [3.63, 3.8) is 0 Å². The van der Waals surface area contributed by atoms with Gasteiger partial charge in [-0.2, -0.15) is 5.10 Å². The van der Waals surface area contributed by atoms with Crippen molar-refractivity contribution < 1.29 is 9.90 Å². The fraction of sp³-hybridized carbons (Fsp3) is 0.600. The van der Waals surface area contributed by atoms with E-state index in [1.54, 1.807) is 4.68 Å². The van der Waals surface area contributed by atoms with Gasteiger partial charge in [0.25, 0.3) is 0 Å². The first-order valence-corrected chi connectivity index (χ1v) is 4.81. The van der Waals surface area contributed by atoms with Crippen LogP contribution in [0.15, 0.2) is 12.3 Å². The van der Waals surface area contributed by atoms with E-state index in [1.165, 1.54) is 0 Å². The molecule has 1 heterocycles. The highest BCUT2D eigenvalue weighted by atomic mass is 16.4. The maximum absolute atomic E-state index is 10.6. The molecule has 5 nitrogen and oxygen atoms in total. The van der Waals surface area contributed by atoms with Crippen LogP contribution >= 0.6 is 0 Å². The average molecular weight is 211 g/mol. The van der Waals surface area contributed by atoms with Gasteiger partial charge in [0, 0.05) is 24.7 Å². The first-order valence-electron chi connectivity index (χ1n) is 4.81. The molecule has 0 saturated carbocycles. The molecule has 0 aromatic carbocycles. The molecule has 0 radical (unpaired) electrons. The highest BCUT2D eigenvalue weighted by Crippen LogP contribution is 2.25. The van der Waals surface area contributed by atoms with Crippen LogP contribution in [0.2, 0.25) is 0 Å². The van der Waals surface area contributed by atoms with Crippen LogP contribution in [-0.4, -0.2) is 26.9 Å². The third-order valence-electron chi connectivity index (χ3n) is 2.70. The third kappa shape index (κ3) is 2.56. The van der Waals surface area contributed by atoms with Crippen molar-refractivity contribution in [2.45, 2.75) is 31.7 Å². The van der Waals surface area contributed by atoms with Crippen LogP contribution in [0.25, 0.3) is 0 Å². The quantitative estimate of drug-likeness (QED) is 0.759. The molecule has 0 spiro atoms. The van der Waals surface area contributed by atoms with Gasteiger partial charge in [0.15, 0.2) is 0 Å². The van der Waals surface area contributed by atoms with Gasteiger partial charge in [-0.25, -0.2) is 0 Å². The summed E-state index contributed by atoms with van der Waals surface area (Å²) >= 11 is 0. The molecular weight excluding hydrogens is 194 g/mol. The van der Waals surface area contributed by atoms with Crippen LogP contribution in [0, 0.1) is 0 Å². The smallest absolute Gasteiger partial charge is 0.304 e. The van der Waals surface area contributed by atoms with Crippen LogP contribution in [0.4, 0.5) is 0 Å². The van der Waals surface area contributed by atoms with Crippen molar-refractivity contribution in [2.24, 2.45) is 12.8 Å². The van der Waals surface area contributed by atoms with Crippen LogP contribution in [0.5, 0.6) is 0 Å². The van der Waals surface area contributed by atoms with Crippen LogP contribution < -0.4 is 5.73 Å². The maximum Gasteiger partial charge on any atom is 0.304 e. The lowest BCUT2D eigenvalue weighted by Crippen LogP contribution is -2.42. The molecule has 0 fully saturated rings. The highest BCUT2D eigenvalue weighted by Gasteiger charge is 2.32. The number of hydrogen-bond acceptors (Lipinski definition) is 3. The summed E-state index contributed by atoms with van der Waals surface area (Å²) in [5.74, 6) is -0.883. The molecule has 1 rings (SSSR count). The minimum Gasteiger partial charge on any atom is -0.481 e. The van der Waals surface area contributed by atoms with E-state index in [4.69, 9.17) is 10.8 Å². The summed E-state index contributed by atoms with van der Waals surface area (Å²) in [6.45, 7) is 3.81. The topological polar surface area (TPSA) is 81.1 Å². The van der Waals surface area contributed by atoms with Crippen LogP contribution in [0.1, 0.15) is 26.0 Å². The SMILES string of the molecule is Cn1ccc(C(C)(C)C(N)CC(=O)O)n1. The molecule has 0 aliphatic carbocycles. The molecule has 0 bridgehead atoms. The number of hydrogen-bond donors (Lipinski definition) is 2. The van der Waals surface area contributed by atoms with Gasteiger partial charge in [0.05, 0.1) is 12.1 Å². The second-order valence-corrected chi connectivity index (χ2v) is 4.30. The van der Waals surface area contributed by atoms with Gasteiger partial charge < -0.3 is 10.8 Å². The predicted molar refractivity (Wildman–Crippen MR) is 56.5 cm³/mol. The fourth-order valence-electron chi connectivity index (χ4n) is 1.39. The number of carboxylic acid groups (broad SMARTS) is 1. The molecule has 1 unspecified atom stereocenters. The molecule has 0 amide bonds. The Labute approximate surface area is 88.9 Å². The Morgan fingerprint density at radius 2 is 2.33 bits per heavy atom. The number of aryl methyl sites for hydroxylation is 1. The molecule has 1 atom stereocenters. The maximum atomic E-state index is 10.6. The van der Waals surface area contributed by atoms with Gasteiger partial charge >= 0.3 is 5.97 Å². The summed E-state index contributed by atoms with van der Waals surface area (Å²) in [5.41, 5.74) is 6.25. The van der Waals surface area contributed by atoms with Gasteiger partial charge in [0.1, 0.15) is 0 Å². The number of aromatic nitrogens is 2. The summed E-state index contributed by atoms with van der Waals surface area (Å²) in [5, 5.41) is 12.9. The molecule has 5 heteroatoms. The van der Waals surface area contributed by atoms with Crippen LogP contribution in [0.3, 0.4) is 0 Å². The third-order valence-corrected chi connectivity index (χ3v) is 2.70. The Balaban J connectivity index is 2.86. The van der Waals surface area contributed by atoms with E-state index in [1.807, 2.05) is 33.2 Å². The first-order chi connectivity index (χ1) is 6.84. The van der Waals surface area contributed by atoms with E-state index in [-0.39, 0.29) is 6.42 Å². The van der Waals surface area contributed by atoms with Gasteiger partial charge in [-0.3, -0.25) is 9.48 Å². The van der Waals surface area contributed by atoms with Crippen molar-refractivity contribution in [1.82, 2.24) is 9.78 Å². The lowest BCUT2D eigenvalue weighted by atomic mass is 9.80. The van der Waals surface area contributed by atoms with E-state index >= 15 is 0 Å².